The first-order chi connectivity index (χ1) is 7.49. The van der Waals surface area contributed by atoms with Crippen LogP contribution >= 0.6 is 11.6 Å². The fourth-order valence-corrected chi connectivity index (χ4v) is 1.18. The lowest BCUT2D eigenvalue weighted by atomic mass is 10.2. The van der Waals surface area contributed by atoms with Gasteiger partial charge in [-0.05, 0) is 37.6 Å². The third kappa shape index (κ3) is 3.90. The Bertz CT molecular complexity index is 418. The Kier molecular flexibility index (Phi) is 4.31. The normalized spacial score (nSPS) is 9.69. The standard InChI is InChI=1S/C11H12ClNO3/c1-7-5-9(3-4-10(7)12)13-16-11(15)6-8(2)14/h3-5,13H,6H2,1-2H3. The Morgan fingerprint density at radius 3 is 2.69 bits per heavy atom. The van der Waals surface area contributed by atoms with Gasteiger partial charge in [0, 0.05) is 5.02 Å². The Labute approximate surface area is 98.5 Å². The monoisotopic (exact) mass is 241 g/mol. The van der Waals surface area contributed by atoms with E-state index in [-0.39, 0.29) is 12.2 Å². The molecule has 5 heteroatoms. The van der Waals surface area contributed by atoms with E-state index in [0.717, 1.165) is 5.56 Å². The first kappa shape index (κ1) is 12.5. The van der Waals surface area contributed by atoms with Crippen LogP contribution in [0.2, 0.25) is 5.02 Å². The molecule has 0 aliphatic rings. The van der Waals surface area contributed by atoms with Gasteiger partial charge in [0.05, 0.1) is 5.69 Å². The summed E-state index contributed by atoms with van der Waals surface area (Å²) in [5.41, 5.74) is 3.94. The molecular weight excluding hydrogens is 230 g/mol. The van der Waals surface area contributed by atoms with Crippen LogP contribution < -0.4 is 5.48 Å². The summed E-state index contributed by atoms with van der Waals surface area (Å²) < 4.78 is 0. The maximum Gasteiger partial charge on any atom is 0.339 e. The number of aryl methyl sites for hydroxylation is 1. The summed E-state index contributed by atoms with van der Waals surface area (Å²) in [5.74, 6) is -0.848. The largest absolute Gasteiger partial charge is 0.343 e. The maximum atomic E-state index is 11.0. The number of hydrogen-bond acceptors (Lipinski definition) is 4. The molecule has 0 unspecified atom stereocenters. The van der Waals surface area contributed by atoms with Gasteiger partial charge >= 0.3 is 5.97 Å². The van der Waals surface area contributed by atoms with Crippen LogP contribution in [0.4, 0.5) is 5.69 Å². The molecule has 0 bridgehead atoms. The van der Waals surface area contributed by atoms with Crippen LogP contribution in [0.1, 0.15) is 18.9 Å². The Morgan fingerprint density at radius 1 is 1.44 bits per heavy atom. The first-order valence-electron chi connectivity index (χ1n) is 4.70. The molecule has 0 aliphatic carbocycles. The molecule has 1 aromatic carbocycles. The van der Waals surface area contributed by atoms with Crippen molar-refractivity contribution in [3.63, 3.8) is 0 Å². The fraction of sp³-hybridized carbons (Fsp3) is 0.273. The van der Waals surface area contributed by atoms with Crippen molar-refractivity contribution in [2.24, 2.45) is 0 Å². The van der Waals surface area contributed by atoms with Crippen LogP contribution in [0.25, 0.3) is 0 Å². The van der Waals surface area contributed by atoms with E-state index in [0.29, 0.717) is 10.7 Å². The molecule has 0 atom stereocenters. The number of benzene rings is 1. The van der Waals surface area contributed by atoms with Crippen LogP contribution in [-0.2, 0) is 14.4 Å². The highest BCUT2D eigenvalue weighted by atomic mass is 35.5. The third-order valence-corrected chi connectivity index (χ3v) is 2.26. The minimum absolute atomic E-state index is 0.237. The Morgan fingerprint density at radius 2 is 2.12 bits per heavy atom. The van der Waals surface area contributed by atoms with Crippen molar-refractivity contribution in [2.45, 2.75) is 20.3 Å². The fourth-order valence-electron chi connectivity index (χ4n) is 1.06. The number of rotatable bonds is 4. The lowest BCUT2D eigenvalue weighted by Crippen LogP contribution is -2.13. The van der Waals surface area contributed by atoms with Crippen molar-refractivity contribution in [3.05, 3.63) is 28.8 Å². The summed E-state index contributed by atoms with van der Waals surface area (Å²) in [7, 11) is 0. The molecule has 0 radical (unpaired) electrons. The lowest BCUT2D eigenvalue weighted by Gasteiger charge is -2.07. The van der Waals surface area contributed by atoms with Crippen LogP contribution in [0.15, 0.2) is 18.2 Å². The van der Waals surface area contributed by atoms with E-state index in [1.807, 2.05) is 6.92 Å². The molecule has 0 aliphatic heterocycles. The molecule has 0 heterocycles. The molecule has 0 spiro atoms. The topological polar surface area (TPSA) is 55.4 Å². The van der Waals surface area contributed by atoms with E-state index < -0.39 is 5.97 Å². The maximum absolute atomic E-state index is 11.0. The second-order valence-corrected chi connectivity index (χ2v) is 3.83. The molecule has 4 nitrogen and oxygen atoms in total. The highest BCUT2D eigenvalue weighted by Gasteiger charge is 2.06. The number of Topliss-reactive ketones (excluding diaryl/α,β-unsaturated/α-hetero) is 1. The molecule has 0 aromatic heterocycles. The van der Waals surface area contributed by atoms with E-state index in [1.165, 1.54) is 6.92 Å². The molecule has 0 saturated heterocycles. The zero-order chi connectivity index (χ0) is 12.1. The zero-order valence-corrected chi connectivity index (χ0v) is 9.80. The predicted molar refractivity (Wildman–Crippen MR) is 61.2 cm³/mol. The third-order valence-electron chi connectivity index (χ3n) is 1.83. The first-order valence-corrected chi connectivity index (χ1v) is 5.08. The molecule has 86 valence electrons. The average molecular weight is 242 g/mol. The molecular formula is C11H12ClNO3. The second kappa shape index (κ2) is 5.51. The van der Waals surface area contributed by atoms with Crippen molar-refractivity contribution in [2.75, 3.05) is 5.48 Å². The number of halogens is 1. The van der Waals surface area contributed by atoms with E-state index in [2.05, 4.69) is 10.3 Å². The van der Waals surface area contributed by atoms with Gasteiger partial charge in [-0.15, -0.1) is 0 Å². The Balaban J connectivity index is 2.51. The predicted octanol–water partition coefficient (Wildman–Crippen LogP) is 2.50. The van der Waals surface area contributed by atoms with Gasteiger partial charge in [-0.2, -0.15) is 0 Å². The average Bonchev–Trinajstić information content (AvgIpc) is 2.19. The summed E-state index contributed by atoms with van der Waals surface area (Å²) in [5, 5.41) is 0.639. The van der Waals surface area contributed by atoms with Gasteiger partial charge in [0.1, 0.15) is 12.2 Å². The SMILES string of the molecule is CC(=O)CC(=O)ONc1ccc(Cl)c(C)c1. The summed E-state index contributed by atoms with van der Waals surface area (Å²) in [4.78, 5) is 26.3. The number of hydrogen-bond donors (Lipinski definition) is 1. The highest BCUT2D eigenvalue weighted by Crippen LogP contribution is 2.19. The Hall–Kier alpha value is -1.55. The zero-order valence-electron chi connectivity index (χ0n) is 9.04. The van der Waals surface area contributed by atoms with Gasteiger partial charge in [-0.25, -0.2) is 10.3 Å². The number of nitrogens with one attached hydrogen (secondary N) is 1. The number of carbonyl (C=O) groups excluding carboxylic acids is 2. The molecule has 1 rings (SSSR count). The van der Waals surface area contributed by atoms with Crippen molar-refractivity contribution in [3.8, 4) is 0 Å². The minimum Gasteiger partial charge on any atom is -0.343 e. The van der Waals surface area contributed by atoms with Crippen LogP contribution in [0, 0.1) is 6.92 Å². The van der Waals surface area contributed by atoms with Crippen molar-refractivity contribution in [1.82, 2.24) is 0 Å². The minimum atomic E-state index is -0.611. The van der Waals surface area contributed by atoms with Crippen LogP contribution in [-0.4, -0.2) is 11.8 Å². The van der Waals surface area contributed by atoms with E-state index in [4.69, 9.17) is 11.6 Å². The van der Waals surface area contributed by atoms with Crippen molar-refractivity contribution >= 4 is 29.0 Å². The van der Waals surface area contributed by atoms with Crippen molar-refractivity contribution < 1.29 is 14.4 Å². The van der Waals surface area contributed by atoms with Gasteiger partial charge in [0.25, 0.3) is 0 Å². The highest BCUT2D eigenvalue weighted by molar-refractivity contribution is 6.31. The van der Waals surface area contributed by atoms with Crippen LogP contribution in [0.5, 0.6) is 0 Å². The number of carbonyl (C=O) groups is 2. The van der Waals surface area contributed by atoms with Crippen molar-refractivity contribution in [1.29, 1.82) is 0 Å². The summed E-state index contributed by atoms with van der Waals surface area (Å²) >= 11 is 5.83. The van der Waals surface area contributed by atoms with Gasteiger partial charge in [0.15, 0.2) is 0 Å². The smallest absolute Gasteiger partial charge is 0.339 e. The molecule has 0 amide bonds. The lowest BCUT2D eigenvalue weighted by molar-refractivity contribution is -0.143. The van der Waals surface area contributed by atoms with Gasteiger partial charge in [-0.1, -0.05) is 11.6 Å². The molecule has 1 aromatic rings. The van der Waals surface area contributed by atoms with E-state index in [1.54, 1.807) is 18.2 Å². The molecule has 0 fully saturated rings. The summed E-state index contributed by atoms with van der Waals surface area (Å²) in [6.45, 7) is 3.17. The summed E-state index contributed by atoms with van der Waals surface area (Å²) in [6.07, 6.45) is -0.237. The van der Waals surface area contributed by atoms with Crippen LogP contribution in [0.3, 0.4) is 0 Å². The van der Waals surface area contributed by atoms with Gasteiger partial charge < -0.3 is 4.84 Å². The summed E-state index contributed by atoms with van der Waals surface area (Å²) in [6, 6.07) is 5.11. The quantitative estimate of drug-likeness (QED) is 0.650. The van der Waals surface area contributed by atoms with E-state index in [9.17, 15) is 9.59 Å². The van der Waals surface area contributed by atoms with Gasteiger partial charge in [0.2, 0.25) is 0 Å². The number of ketones is 1. The van der Waals surface area contributed by atoms with E-state index >= 15 is 0 Å². The van der Waals surface area contributed by atoms with Gasteiger partial charge in [-0.3, -0.25) is 4.79 Å². The second-order valence-electron chi connectivity index (χ2n) is 3.42. The molecule has 16 heavy (non-hydrogen) atoms. The molecule has 1 N–H and O–H groups in total. The molecule has 0 saturated carbocycles. The number of anilines is 1.